The van der Waals surface area contributed by atoms with Crippen LogP contribution in [0.25, 0.3) is 11.3 Å². The van der Waals surface area contributed by atoms with Gasteiger partial charge in [-0.05, 0) is 11.6 Å². The molecule has 0 saturated heterocycles. The van der Waals surface area contributed by atoms with Crippen LogP contribution >= 0.6 is 11.3 Å². The van der Waals surface area contributed by atoms with Crippen LogP contribution in [-0.2, 0) is 11.3 Å². The van der Waals surface area contributed by atoms with Crippen LogP contribution in [0.1, 0.15) is 22.8 Å². The number of amides is 2. The second-order valence-electron chi connectivity index (χ2n) is 5.87. The lowest BCUT2D eigenvalue weighted by Gasteiger charge is -2.04. The Kier molecular flexibility index (Phi) is 5.75. The minimum absolute atomic E-state index is 0.0217. The van der Waals surface area contributed by atoms with E-state index in [1.165, 1.54) is 36.5 Å². The number of nitrogens with one attached hydrogen (secondary N) is 2. The summed E-state index contributed by atoms with van der Waals surface area (Å²) in [4.78, 5) is 38.2. The molecule has 1 heterocycles. The van der Waals surface area contributed by atoms with Gasteiger partial charge in [0.1, 0.15) is 5.56 Å². The Balaban J connectivity index is 1.71. The van der Waals surface area contributed by atoms with E-state index in [-0.39, 0.29) is 17.2 Å². The predicted molar refractivity (Wildman–Crippen MR) is 106 cm³/mol. The molecular formula is C19H16N4O4S. The molecule has 3 aromatic rings. The standard InChI is InChI=1S/C19H16N4O4S/c1-12(24)20-10-13-6-8-14(9-7-13)16-11-28-19(21-16)22-18(25)15-4-2-3-5-17(15)23(26)27/h2-9,11H,10H2,1H3,(H,20,24)(H,21,22,25). The summed E-state index contributed by atoms with van der Waals surface area (Å²) in [6, 6.07) is 13.3. The van der Waals surface area contributed by atoms with Gasteiger partial charge in [-0.15, -0.1) is 11.3 Å². The number of thiazole rings is 1. The minimum Gasteiger partial charge on any atom is -0.352 e. The van der Waals surface area contributed by atoms with E-state index >= 15 is 0 Å². The number of anilines is 1. The van der Waals surface area contributed by atoms with E-state index in [0.29, 0.717) is 17.4 Å². The molecule has 0 saturated carbocycles. The quantitative estimate of drug-likeness (QED) is 0.488. The first-order chi connectivity index (χ1) is 13.4. The molecule has 0 unspecified atom stereocenters. The lowest BCUT2D eigenvalue weighted by Crippen LogP contribution is -2.18. The third-order valence-electron chi connectivity index (χ3n) is 3.86. The van der Waals surface area contributed by atoms with Gasteiger partial charge in [-0.2, -0.15) is 0 Å². The number of nitro groups is 1. The molecule has 2 N–H and O–H groups in total. The molecule has 0 aliphatic rings. The van der Waals surface area contributed by atoms with Gasteiger partial charge in [-0.3, -0.25) is 25.0 Å². The van der Waals surface area contributed by atoms with Gasteiger partial charge in [0.05, 0.1) is 10.6 Å². The summed E-state index contributed by atoms with van der Waals surface area (Å²) in [5, 5.41) is 18.5. The zero-order valence-electron chi connectivity index (χ0n) is 14.8. The summed E-state index contributed by atoms with van der Waals surface area (Å²) in [6.07, 6.45) is 0. The second kappa shape index (κ2) is 8.40. The van der Waals surface area contributed by atoms with Gasteiger partial charge in [0.15, 0.2) is 5.13 Å². The van der Waals surface area contributed by atoms with Gasteiger partial charge < -0.3 is 5.32 Å². The largest absolute Gasteiger partial charge is 0.352 e. The highest BCUT2D eigenvalue weighted by atomic mass is 32.1. The third kappa shape index (κ3) is 4.57. The molecular weight excluding hydrogens is 380 g/mol. The fraction of sp³-hybridized carbons (Fsp3) is 0.105. The molecule has 0 bridgehead atoms. The number of hydrogen-bond acceptors (Lipinski definition) is 6. The SMILES string of the molecule is CC(=O)NCc1ccc(-c2csc(NC(=O)c3ccccc3[N+](=O)[O-])n2)cc1. The first-order valence-electron chi connectivity index (χ1n) is 8.28. The maximum Gasteiger partial charge on any atom is 0.282 e. The van der Waals surface area contributed by atoms with Crippen LogP contribution in [0.3, 0.4) is 0 Å². The van der Waals surface area contributed by atoms with Gasteiger partial charge in [0, 0.05) is 30.5 Å². The van der Waals surface area contributed by atoms with Gasteiger partial charge in [-0.1, -0.05) is 36.4 Å². The second-order valence-corrected chi connectivity index (χ2v) is 6.73. The monoisotopic (exact) mass is 396 g/mol. The van der Waals surface area contributed by atoms with Crippen molar-refractivity contribution in [3.05, 3.63) is 75.2 Å². The van der Waals surface area contributed by atoms with E-state index in [2.05, 4.69) is 15.6 Å². The van der Waals surface area contributed by atoms with Crippen molar-refractivity contribution in [3.8, 4) is 11.3 Å². The van der Waals surface area contributed by atoms with Crippen LogP contribution < -0.4 is 10.6 Å². The zero-order valence-corrected chi connectivity index (χ0v) is 15.7. The summed E-state index contributed by atoms with van der Waals surface area (Å²) < 4.78 is 0. The Hall–Kier alpha value is -3.59. The van der Waals surface area contributed by atoms with Crippen molar-refractivity contribution in [1.82, 2.24) is 10.3 Å². The molecule has 1 aromatic heterocycles. The van der Waals surface area contributed by atoms with Crippen LogP contribution in [-0.4, -0.2) is 21.7 Å². The van der Waals surface area contributed by atoms with Crippen LogP contribution in [0.4, 0.5) is 10.8 Å². The van der Waals surface area contributed by atoms with Gasteiger partial charge in [0.2, 0.25) is 5.91 Å². The molecule has 28 heavy (non-hydrogen) atoms. The number of hydrogen-bond donors (Lipinski definition) is 2. The van der Waals surface area contributed by atoms with Crippen molar-refractivity contribution in [1.29, 1.82) is 0 Å². The molecule has 3 rings (SSSR count). The Bertz CT molecular complexity index is 1030. The normalized spacial score (nSPS) is 10.3. The molecule has 0 radical (unpaired) electrons. The average Bonchev–Trinajstić information content (AvgIpc) is 3.15. The highest BCUT2D eigenvalue weighted by Crippen LogP contribution is 2.26. The van der Waals surface area contributed by atoms with E-state index in [1.54, 1.807) is 11.4 Å². The summed E-state index contributed by atoms with van der Waals surface area (Å²) in [5.74, 6) is -0.679. The number of carbonyl (C=O) groups is 2. The lowest BCUT2D eigenvalue weighted by molar-refractivity contribution is -0.385. The Labute approximate surface area is 164 Å². The van der Waals surface area contributed by atoms with Gasteiger partial charge >= 0.3 is 0 Å². The topological polar surface area (TPSA) is 114 Å². The lowest BCUT2D eigenvalue weighted by atomic mass is 10.1. The first-order valence-corrected chi connectivity index (χ1v) is 9.16. The van der Waals surface area contributed by atoms with Crippen LogP contribution in [0.15, 0.2) is 53.9 Å². The highest BCUT2D eigenvalue weighted by molar-refractivity contribution is 7.14. The minimum atomic E-state index is -0.593. The number of para-hydroxylation sites is 1. The van der Waals surface area contributed by atoms with Crippen LogP contribution in [0, 0.1) is 10.1 Å². The molecule has 0 atom stereocenters. The molecule has 9 heteroatoms. The third-order valence-corrected chi connectivity index (χ3v) is 4.62. The predicted octanol–water partition coefficient (Wildman–Crippen LogP) is 3.61. The highest BCUT2D eigenvalue weighted by Gasteiger charge is 2.20. The van der Waals surface area contributed by atoms with E-state index in [1.807, 2.05) is 24.3 Å². The summed E-state index contributed by atoms with van der Waals surface area (Å²) in [6.45, 7) is 1.91. The smallest absolute Gasteiger partial charge is 0.282 e. The Morgan fingerprint density at radius 3 is 2.54 bits per heavy atom. The molecule has 8 nitrogen and oxygen atoms in total. The number of carbonyl (C=O) groups excluding carboxylic acids is 2. The van der Waals surface area contributed by atoms with E-state index < -0.39 is 10.8 Å². The van der Waals surface area contributed by atoms with Crippen LogP contribution in [0.2, 0.25) is 0 Å². The maximum absolute atomic E-state index is 12.4. The fourth-order valence-corrected chi connectivity index (χ4v) is 3.19. The summed E-state index contributed by atoms with van der Waals surface area (Å²) in [5.41, 5.74) is 2.21. The van der Waals surface area contributed by atoms with Crippen molar-refractivity contribution < 1.29 is 14.5 Å². The number of rotatable bonds is 6. The Morgan fingerprint density at radius 1 is 1.14 bits per heavy atom. The summed E-state index contributed by atoms with van der Waals surface area (Å²) >= 11 is 1.23. The molecule has 142 valence electrons. The van der Waals surface area contributed by atoms with Gasteiger partial charge in [0.25, 0.3) is 11.6 Å². The molecule has 2 aromatic carbocycles. The first kappa shape index (κ1) is 19.2. The van der Waals surface area contributed by atoms with Gasteiger partial charge in [-0.25, -0.2) is 4.98 Å². The van der Waals surface area contributed by atoms with Crippen molar-refractivity contribution in [2.75, 3.05) is 5.32 Å². The number of nitrogens with zero attached hydrogens (tertiary/aromatic N) is 2. The van der Waals surface area contributed by atoms with Crippen molar-refractivity contribution in [3.63, 3.8) is 0 Å². The van der Waals surface area contributed by atoms with Crippen molar-refractivity contribution in [2.45, 2.75) is 13.5 Å². The molecule has 0 aliphatic carbocycles. The van der Waals surface area contributed by atoms with E-state index in [9.17, 15) is 19.7 Å². The molecule has 0 spiro atoms. The van der Waals surface area contributed by atoms with E-state index in [4.69, 9.17) is 0 Å². The molecule has 2 amide bonds. The molecule has 0 aliphatic heterocycles. The fourth-order valence-electron chi connectivity index (χ4n) is 2.47. The number of benzene rings is 2. The number of aromatic nitrogens is 1. The maximum atomic E-state index is 12.4. The summed E-state index contributed by atoms with van der Waals surface area (Å²) in [7, 11) is 0. The van der Waals surface area contributed by atoms with Crippen LogP contribution in [0.5, 0.6) is 0 Å². The zero-order chi connectivity index (χ0) is 20.1. The van der Waals surface area contributed by atoms with E-state index in [0.717, 1.165) is 11.1 Å². The Morgan fingerprint density at radius 2 is 1.86 bits per heavy atom. The van der Waals surface area contributed by atoms with Crippen molar-refractivity contribution in [2.24, 2.45) is 0 Å². The average molecular weight is 396 g/mol. The number of nitro benzene ring substituents is 1. The van der Waals surface area contributed by atoms with Crippen molar-refractivity contribution >= 4 is 34.0 Å². The molecule has 0 fully saturated rings.